The van der Waals surface area contributed by atoms with Crippen molar-refractivity contribution < 1.29 is 14.3 Å². The molecule has 13 heavy (non-hydrogen) atoms. The molecule has 0 saturated carbocycles. The van der Waals surface area contributed by atoms with Crippen molar-refractivity contribution in [3.05, 3.63) is 0 Å². The predicted molar refractivity (Wildman–Crippen MR) is 50.0 cm³/mol. The van der Waals surface area contributed by atoms with Gasteiger partial charge in [-0.1, -0.05) is 14.3 Å². The number of carbonyl (C=O) groups excluding carboxylic acids is 2. The van der Waals surface area contributed by atoms with E-state index in [4.69, 9.17) is 0 Å². The predicted octanol–water partition coefficient (Wildman–Crippen LogP) is 1.49. The summed E-state index contributed by atoms with van der Waals surface area (Å²) in [5.41, 5.74) is -0.0530. The average Bonchev–Trinajstić information content (AvgIpc) is 2.47. The topological polar surface area (TPSA) is 43.4 Å². The minimum Gasteiger partial charge on any atom is -0.393 e. The van der Waals surface area contributed by atoms with Crippen molar-refractivity contribution in [2.75, 3.05) is 12.3 Å². The summed E-state index contributed by atoms with van der Waals surface area (Å²) in [6, 6.07) is 0. The van der Waals surface area contributed by atoms with E-state index in [-0.39, 0.29) is 25.5 Å². The number of cyclic esters (lactones) is 2. The summed E-state index contributed by atoms with van der Waals surface area (Å²) in [5.74, 6) is -0.568. The smallest absolute Gasteiger partial charge is 0.321 e. The van der Waals surface area contributed by atoms with Crippen LogP contribution in [0.1, 0.15) is 25.7 Å². The highest BCUT2D eigenvalue weighted by atomic mass is 31.1. The second kappa shape index (κ2) is 3.75. The highest BCUT2D eigenvalue weighted by Crippen LogP contribution is 2.49. The van der Waals surface area contributed by atoms with Gasteiger partial charge in [-0.25, -0.2) is 0 Å². The van der Waals surface area contributed by atoms with E-state index in [9.17, 15) is 9.59 Å². The normalized spacial score (nSPS) is 30.6. The Hall–Kier alpha value is -0.430. The molecular formula is C9H13O3P. The van der Waals surface area contributed by atoms with Gasteiger partial charge in [0.05, 0.1) is 12.1 Å². The Balaban J connectivity index is 1.99. The fraction of sp³-hybridized carbons (Fsp3) is 0.778. The minimum absolute atomic E-state index is 0.0530. The Bertz CT molecular complexity index is 233. The maximum absolute atomic E-state index is 11.3. The molecule has 2 aliphatic rings. The molecule has 2 fully saturated rings. The molecule has 0 aromatic rings. The van der Waals surface area contributed by atoms with Gasteiger partial charge in [-0.05, 0) is 25.2 Å². The Morgan fingerprint density at radius 1 is 1.15 bits per heavy atom. The third-order valence-corrected chi connectivity index (χ3v) is 5.73. The molecule has 2 heterocycles. The van der Waals surface area contributed by atoms with Crippen molar-refractivity contribution in [2.24, 2.45) is 0 Å². The molecule has 4 heteroatoms. The van der Waals surface area contributed by atoms with E-state index in [2.05, 4.69) is 4.74 Å². The van der Waals surface area contributed by atoms with Gasteiger partial charge in [0.15, 0.2) is 0 Å². The molecule has 0 N–H and O–H groups in total. The van der Waals surface area contributed by atoms with E-state index >= 15 is 0 Å². The van der Waals surface area contributed by atoms with Crippen LogP contribution in [0, 0.1) is 0 Å². The van der Waals surface area contributed by atoms with Crippen LogP contribution in [0.15, 0.2) is 0 Å². The molecule has 0 aromatic heterocycles. The molecule has 1 atom stereocenters. The molecule has 3 nitrogen and oxygen atoms in total. The van der Waals surface area contributed by atoms with Crippen molar-refractivity contribution in [3.63, 3.8) is 0 Å². The zero-order valence-corrected chi connectivity index (χ0v) is 8.39. The van der Waals surface area contributed by atoms with Crippen LogP contribution in [-0.4, -0.2) is 29.9 Å². The lowest BCUT2D eigenvalue weighted by atomic mass is 10.3. The number of esters is 2. The van der Waals surface area contributed by atoms with Crippen LogP contribution in [0.25, 0.3) is 0 Å². The van der Waals surface area contributed by atoms with Crippen molar-refractivity contribution >= 4 is 19.9 Å². The average molecular weight is 200 g/mol. The highest BCUT2D eigenvalue weighted by molar-refractivity contribution is 7.59. The van der Waals surface area contributed by atoms with Crippen LogP contribution in [0.4, 0.5) is 0 Å². The third-order valence-electron chi connectivity index (χ3n) is 2.68. The molecule has 0 aromatic carbocycles. The number of rotatable bonds is 1. The number of ether oxygens (including phenoxy) is 1. The van der Waals surface area contributed by atoms with Crippen LogP contribution < -0.4 is 0 Å². The summed E-state index contributed by atoms with van der Waals surface area (Å²) in [6.45, 7) is 0. The van der Waals surface area contributed by atoms with Crippen LogP contribution in [0.2, 0.25) is 0 Å². The standard InChI is InChI=1S/C9H13O3P/c10-8-6-7(9(11)12-8)13-4-2-1-3-5-13/h7H,1-6H2. The van der Waals surface area contributed by atoms with Crippen LogP contribution in [0.5, 0.6) is 0 Å². The highest BCUT2D eigenvalue weighted by Gasteiger charge is 2.38. The lowest BCUT2D eigenvalue weighted by Crippen LogP contribution is -2.17. The first-order chi connectivity index (χ1) is 6.27. The second-order valence-corrected chi connectivity index (χ2v) is 6.30. The first-order valence-electron chi connectivity index (χ1n) is 4.76. The van der Waals surface area contributed by atoms with Gasteiger partial charge in [-0.2, -0.15) is 0 Å². The van der Waals surface area contributed by atoms with Crippen molar-refractivity contribution in [3.8, 4) is 0 Å². The number of hydrogen-bond acceptors (Lipinski definition) is 3. The maximum atomic E-state index is 11.3. The van der Waals surface area contributed by atoms with Crippen molar-refractivity contribution in [2.45, 2.75) is 31.3 Å². The molecule has 2 rings (SSSR count). The van der Waals surface area contributed by atoms with Crippen molar-refractivity contribution in [1.29, 1.82) is 0 Å². The van der Waals surface area contributed by atoms with Gasteiger partial charge >= 0.3 is 11.9 Å². The SMILES string of the molecule is O=C1CC(P2CCCCC2)C(=O)O1. The van der Waals surface area contributed by atoms with E-state index in [1.807, 2.05) is 0 Å². The van der Waals surface area contributed by atoms with Crippen LogP contribution in [-0.2, 0) is 14.3 Å². The molecule has 1 unspecified atom stereocenters. The van der Waals surface area contributed by atoms with Crippen molar-refractivity contribution in [1.82, 2.24) is 0 Å². The Morgan fingerprint density at radius 3 is 2.38 bits per heavy atom. The summed E-state index contributed by atoms with van der Waals surface area (Å²) in [7, 11) is -0.234. The van der Waals surface area contributed by atoms with Gasteiger partial charge in [0.1, 0.15) is 0 Å². The number of carbonyl (C=O) groups is 2. The van der Waals surface area contributed by atoms with Gasteiger partial charge in [0, 0.05) is 0 Å². The molecule has 2 saturated heterocycles. The van der Waals surface area contributed by atoms with Gasteiger partial charge in [0.25, 0.3) is 0 Å². The molecular weight excluding hydrogens is 187 g/mol. The summed E-state index contributed by atoms with van der Waals surface area (Å²) >= 11 is 0. The summed E-state index contributed by atoms with van der Waals surface area (Å²) < 4.78 is 4.57. The van der Waals surface area contributed by atoms with E-state index in [0.717, 1.165) is 12.3 Å². The van der Waals surface area contributed by atoms with Crippen LogP contribution in [0.3, 0.4) is 0 Å². The molecule has 0 aliphatic carbocycles. The van der Waals surface area contributed by atoms with Gasteiger partial charge in [-0.15, -0.1) is 0 Å². The zero-order chi connectivity index (χ0) is 9.26. The molecule has 0 radical (unpaired) electrons. The lowest BCUT2D eigenvalue weighted by Gasteiger charge is -2.24. The zero-order valence-electron chi connectivity index (χ0n) is 7.49. The molecule has 0 bridgehead atoms. The minimum atomic E-state index is -0.317. The summed E-state index contributed by atoms with van der Waals surface area (Å²) in [4.78, 5) is 22.1. The van der Waals surface area contributed by atoms with Crippen LogP contribution >= 0.6 is 7.92 Å². The largest absolute Gasteiger partial charge is 0.393 e. The molecule has 0 spiro atoms. The molecule has 72 valence electrons. The summed E-state index contributed by atoms with van der Waals surface area (Å²) in [6.07, 6.45) is 6.40. The van der Waals surface area contributed by atoms with Gasteiger partial charge in [0.2, 0.25) is 0 Å². The fourth-order valence-electron chi connectivity index (χ4n) is 1.97. The summed E-state index contributed by atoms with van der Waals surface area (Å²) in [5, 5.41) is 0. The van der Waals surface area contributed by atoms with E-state index in [1.54, 1.807) is 0 Å². The quantitative estimate of drug-likeness (QED) is 0.366. The Labute approximate surface area is 78.6 Å². The number of hydrogen-bond donors (Lipinski definition) is 0. The first-order valence-corrected chi connectivity index (χ1v) is 6.54. The van der Waals surface area contributed by atoms with Gasteiger partial charge in [-0.3, -0.25) is 9.59 Å². The van der Waals surface area contributed by atoms with E-state index in [0.29, 0.717) is 6.42 Å². The Morgan fingerprint density at radius 2 is 1.85 bits per heavy atom. The maximum Gasteiger partial charge on any atom is 0.321 e. The van der Waals surface area contributed by atoms with E-state index in [1.165, 1.54) is 19.3 Å². The Kier molecular flexibility index (Phi) is 2.63. The fourth-order valence-corrected chi connectivity index (χ4v) is 4.84. The van der Waals surface area contributed by atoms with Gasteiger partial charge < -0.3 is 4.74 Å². The molecule has 2 aliphatic heterocycles. The second-order valence-electron chi connectivity index (χ2n) is 3.61. The lowest BCUT2D eigenvalue weighted by molar-refractivity contribution is -0.151. The van der Waals surface area contributed by atoms with E-state index < -0.39 is 0 Å². The molecule has 0 amide bonds. The first kappa shape index (κ1) is 9.14. The third kappa shape index (κ3) is 1.91. The monoisotopic (exact) mass is 200 g/mol.